The number of anilines is 1. The van der Waals surface area contributed by atoms with Crippen LogP contribution < -0.4 is 10.1 Å². The monoisotopic (exact) mass is 470 g/mol. The Kier molecular flexibility index (Phi) is 6.61. The molecule has 3 rings (SSSR count). The largest absolute Gasteiger partial charge is 0.495 e. The summed E-state index contributed by atoms with van der Waals surface area (Å²) in [6.45, 7) is -0.637. The van der Waals surface area contributed by atoms with Crippen LogP contribution in [0.3, 0.4) is 0 Å². The summed E-state index contributed by atoms with van der Waals surface area (Å²) in [7, 11) is 1.46. The Morgan fingerprint density at radius 2 is 1.97 bits per heavy atom. The lowest BCUT2D eigenvalue weighted by molar-refractivity contribution is -0.137. The standard InChI is InChI=1S/C20H14ClF3N2O4S/c1-30-15-6-5-11(7-14(15)21)8-16-18(28)26(19(29)31-16)10-17(27)25-13-4-2-3-12(9-13)20(22,23)24/h2-9H,10H2,1H3,(H,25,27)/b16-8-. The Morgan fingerprint density at radius 3 is 2.61 bits per heavy atom. The van der Waals surface area contributed by atoms with Gasteiger partial charge in [-0.1, -0.05) is 23.7 Å². The fraction of sp³-hybridized carbons (Fsp3) is 0.150. The van der Waals surface area contributed by atoms with E-state index < -0.39 is 35.3 Å². The van der Waals surface area contributed by atoms with Gasteiger partial charge in [-0.15, -0.1) is 0 Å². The zero-order valence-electron chi connectivity index (χ0n) is 15.8. The first-order valence-corrected chi connectivity index (χ1v) is 9.84. The third-order valence-electron chi connectivity index (χ3n) is 4.12. The summed E-state index contributed by atoms with van der Waals surface area (Å²) < 4.78 is 43.4. The van der Waals surface area contributed by atoms with Gasteiger partial charge < -0.3 is 10.1 Å². The molecule has 0 bridgehead atoms. The van der Waals surface area contributed by atoms with E-state index in [1.165, 1.54) is 19.3 Å². The number of imide groups is 1. The Bertz CT molecular complexity index is 1090. The van der Waals surface area contributed by atoms with Gasteiger partial charge in [0.1, 0.15) is 12.3 Å². The van der Waals surface area contributed by atoms with Crippen molar-refractivity contribution < 1.29 is 32.3 Å². The van der Waals surface area contributed by atoms with Crippen LogP contribution in [0.5, 0.6) is 5.75 Å². The zero-order valence-corrected chi connectivity index (χ0v) is 17.4. The fourth-order valence-electron chi connectivity index (χ4n) is 2.68. The van der Waals surface area contributed by atoms with Crippen molar-refractivity contribution in [1.82, 2.24) is 4.90 Å². The minimum Gasteiger partial charge on any atom is -0.495 e. The maximum Gasteiger partial charge on any atom is 0.416 e. The second kappa shape index (κ2) is 9.03. The molecule has 0 atom stereocenters. The fourth-order valence-corrected chi connectivity index (χ4v) is 3.78. The van der Waals surface area contributed by atoms with Crippen molar-refractivity contribution in [3.63, 3.8) is 0 Å². The first kappa shape index (κ1) is 22.7. The van der Waals surface area contributed by atoms with E-state index in [1.54, 1.807) is 18.2 Å². The van der Waals surface area contributed by atoms with Crippen LogP contribution in [-0.2, 0) is 15.8 Å². The SMILES string of the molecule is COc1ccc(/C=C2\SC(=O)N(CC(=O)Nc3cccc(C(F)(F)F)c3)C2=O)cc1Cl. The summed E-state index contributed by atoms with van der Waals surface area (Å²) in [5, 5.41) is 1.91. The molecule has 1 aliphatic heterocycles. The van der Waals surface area contributed by atoms with Gasteiger partial charge in [0.25, 0.3) is 11.1 Å². The van der Waals surface area contributed by atoms with E-state index >= 15 is 0 Å². The average molecular weight is 471 g/mol. The number of benzene rings is 2. The summed E-state index contributed by atoms with van der Waals surface area (Å²) in [5.41, 5.74) is -0.488. The van der Waals surface area contributed by atoms with Crippen molar-refractivity contribution >= 4 is 52.2 Å². The van der Waals surface area contributed by atoms with Crippen LogP contribution in [0, 0.1) is 0 Å². The summed E-state index contributed by atoms with van der Waals surface area (Å²) in [6.07, 6.45) is -3.12. The van der Waals surface area contributed by atoms with E-state index in [9.17, 15) is 27.6 Å². The molecule has 0 spiro atoms. The van der Waals surface area contributed by atoms with Crippen LogP contribution in [0.4, 0.5) is 23.7 Å². The third-order valence-corrected chi connectivity index (χ3v) is 5.33. The summed E-state index contributed by atoms with van der Waals surface area (Å²) >= 11 is 6.69. The highest BCUT2D eigenvalue weighted by Gasteiger charge is 2.36. The number of carbonyl (C=O) groups excluding carboxylic acids is 3. The number of rotatable bonds is 5. The lowest BCUT2D eigenvalue weighted by Crippen LogP contribution is -2.36. The highest BCUT2D eigenvalue weighted by atomic mass is 35.5. The Hall–Kier alpha value is -2.98. The molecule has 0 unspecified atom stereocenters. The number of thioether (sulfide) groups is 1. The minimum absolute atomic E-state index is 0.0816. The average Bonchev–Trinajstić information content (AvgIpc) is 2.95. The molecular weight excluding hydrogens is 457 g/mol. The molecule has 31 heavy (non-hydrogen) atoms. The number of alkyl halides is 3. The number of nitrogens with zero attached hydrogens (tertiary/aromatic N) is 1. The summed E-state index contributed by atoms with van der Waals surface area (Å²) in [5.74, 6) is -1.06. The quantitative estimate of drug-likeness (QED) is 0.619. The van der Waals surface area contributed by atoms with Gasteiger partial charge >= 0.3 is 6.18 Å². The number of nitrogens with one attached hydrogen (secondary N) is 1. The maximum atomic E-state index is 12.8. The molecule has 0 saturated carbocycles. The van der Waals surface area contributed by atoms with E-state index in [2.05, 4.69) is 5.32 Å². The number of methoxy groups -OCH3 is 1. The molecule has 6 nitrogen and oxygen atoms in total. The van der Waals surface area contributed by atoms with Crippen LogP contribution >= 0.6 is 23.4 Å². The molecule has 3 amide bonds. The third kappa shape index (κ3) is 5.39. The van der Waals surface area contributed by atoms with Crippen molar-refractivity contribution in [2.75, 3.05) is 19.0 Å². The molecule has 0 aromatic heterocycles. The van der Waals surface area contributed by atoms with Crippen molar-refractivity contribution in [3.8, 4) is 5.75 Å². The lowest BCUT2D eigenvalue weighted by atomic mass is 10.2. The molecular formula is C20H14ClF3N2O4S. The van der Waals surface area contributed by atoms with Crippen LogP contribution in [0.25, 0.3) is 6.08 Å². The Balaban J connectivity index is 1.70. The van der Waals surface area contributed by atoms with Gasteiger partial charge in [-0.05, 0) is 53.7 Å². The smallest absolute Gasteiger partial charge is 0.416 e. The van der Waals surface area contributed by atoms with Crippen molar-refractivity contribution in [3.05, 3.63) is 63.5 Å². The molecule has 2 aromatic carbocycles. The highest BCUT2D eigenvalue weighted by molar-refractivity contribution is 8.18. The van der Waals surface area contributed by atoms with Gasteiger partial charge in [-0.2, -0.15) is 13.2 Å². The second-order valence-electron chi connectivity index (χ2n) is 6.29. The lowest BCUT2D eigenvalue weighted by Gasteiger charge is -2.13. The predicted octanol–water partition coefficient (Wildman–Crippen LogP) is 5.04. The van der Waals surface area contributed by atoms with Gasteiger partial charge in [0.2, 0.25) is 5.91 Å². The van der Waals surface area contributed by atoms with E-state index in [4.69, 9.17) is 16.3 Å². The molecule has 1 saturated heterocycles. The van der Waals surface area contributed by atoms with Gasteiger partial charge in [-0.3, -0.25) is 19.3 Å². The Morgan fingerprint density at radius 1 is 1.23 bits per heavy atom. The molecule has 1 aliphatic rings. The minimum atomic E-state index is -4.57. The van der Waals surface area contributed by atoms with Crippen LogP contribution in [0.2, 0.25) is 5.02 Å². The van der Waals surface area contributed by atoms with E-state index in [0.29, 0.717) is 33.0 Å². The number of ether oxygens (including phenoxy) is 1. The molecule has 11 heteroatoms. The predicted molar refractivity (Wildman–Crippen MR) is 111 cm³/mol. The molecule has 0 radical (unpaired) electrons. The zero-order chi connectivity index (χ0) is 22.8. The van der Waals surface area contributed by atoms with Gasteiger partial charge in [0.15, 0.2) is 0 Å². The van der Waals surface area contributed by atoms with Crippen molar-refractivity contribution in [2.24, 2.45) is 0 Å². The molecule has 1 fully saturated rings. The highest BCUT2D eigenvalue weighted by Crippen LogP contribution is 2.34. The first-order chi connectivity index (χ1) is 14.6. The first-order valence-electron chi connectivity index (χ1n) is 8.64. The number of amides is 3. The van der Waals surface area contributed by atoms with Crippen LogP contribution in [0.15, 0.2) is 47.4 Å². The molecule has 0 aliphatic carbocycles. The van der Waals surface area contributed by atoms with E-state index in [-0.39, 0.29) is 10.6 Å². The van der Waals surface area contributed by atoms with Crippen molar-refractivity contribution in [1.29, 1.82) is 0 Å². The van der Waals surface area contributed by atoms with E-state index in [0.717, 1.165) is 18.2 Å². The number of hydrogen-bond donors (Lipinski definition) is 1. The topological polar surface area (TPSA) is 75.7 Å². The molecule has 1 heterocycles. The molecule has 2 aromatic rings. The van der Waals surface area contributed by atoms with Crippen molar-refractivity contribution in [2.45, 2.75) is 6.18 Å². The number of hydrogen-bond acceptors (Lipinski definition) is 5. The molecule has 1 N–H and O–H groups in total. The van der Waals surface area contributed by atoms with E-state index in [1.807, 2.05) is 0 Å². The van der Waals surface area contributed by atoms with Crippen LogP contribution in [-0.4, -0.2) is 35.6 Å². The van der Waals surface area contributed by atoms with Crippen LogP contribution in [0.1, 0.15) is 11.1 Å². The second-order valence-corrected chi connectivity index (χ2v) is 7.69. The van der Waals surface area contributed by atoms with Gasteiger partial charge in [0.05, 0.1) is 22.6 Å². The van der Waals surface area contributed by atoms with Gasteiger partial charge in [-0.25, -0.2) is 0 Å². The Labute approximate surface area is 184 Å². The normalized spacial score (nSPS) is 15.5. The number of carbonyl (C=O) groups is 3. The summed E-state index contributed by atoms with van der Waals surface area (Å²) in [4.78, 5) is 37.7. The number of halogens is 4. The maximum absolute atomic E-state index is 12.8. The van der Waals surface area contributed by atoms with Gasteiger partial charge in [0, 0.05) is 5.69 Å². The molecule has 162 valence electrons. The summed E-state index contributed by atoms with van der Waals surface area (Å²) in [6, 6.07) is 8.82.